The van der Waals surface area contributed by atoms with Crippen LogP contribution in [0.25, 0.3) is 0 Å². The van der Waals surface area contributed by atoms with E-state index in [0.717, 1.165) is 37.5 Å². The van der Waals surface area contributed by atoms with Crippen LogP contribution in [0.1, 0.15) is 88.2 Å². The number of hydrogen-bond donors (Lipinski definition) is 0. The first-order chi connectivity index (χ1) is 15.1. The normalized spacial score (nSPS) is 32.8. The molecule has 7 heteroatoms. The van der Waals surface area contributed by atoms with Crippen molar-refractivity contribution in [1.29, 1.82) is 0 Å². The summed E-state index contributed by atoms with van der Waals surface area (Å²) in [6, 6.07) is 2.64. The van der Waals surface area contributed by atoms with Crippen LogP contribution in [0.4, 0.5) is 26.3 Å². The molecule has 0 N–H and O–H groups in total. The predicted molar refractivity (Wildman–Crippen MR) is 111 cm³/mol. The Hall–Kier alpha value is -1.40. The fourth-order valence-corrected chi connectivity index (χ4v) is 6.31. The topological polar surface area (TPSA) is 9.23 Å². The van der Waals surface area contributed by atoms with Crippen molar-refractivity contribution in [2.45, 2.75) is 102 Å². The molecule has 32 heavy (non-hydrogen) atoms. The smallest absolute Gasteiger partial charge is 0.431 e. The quantitative estimate of drug-likeness (QED) is 0.410. The molecule has 1 aliphatic heterocycles. The minimum atomic E-state index is -5.26. The van der Waals surface area contributed by atoms with E-state index in [9.17, 15) is 26.3 Å². The van der Waals surface area contributed by atoms with E-state index in [0.29, 0.717) is 11.5 Å². The van der Waals surface area contributed by atoms with Crippen molar-refractivity contribution in [2.75, 3.05) is 0 Å². The van der Waals surface area contributed by atoms with E-state index >= 15 is 0 Å². The van der Waals surface area contributed by atoms with E-state index in [-0.39, 0.29) is 11.5 Å². The lowest BCUT2D eigenvalue weighted by atomic mass is 9.68. The molecular weight excluding hydrogens is 430 g/mol. The highest BCUT2D eigenvalue weighted by Gasteiger charge is 2.60. The molecule has 1 heterocycles. The molecule has 1 nitrogen and oxygen atoms in total. The van der Waals surface area contributed by atoms with Gasteiger partial charge >= 0.3 is 6.18 Å². The van der Waals surface area contributed by atoms with E-state index in [4.69, 9.17) is 0 Å². The van der Waals surface area contributed by atoms with Crippen molar-refractivity contribution in [3.05, 3.63) is 29.1 Å². The first-order valence-electron chi connectivity index (χ1n) is 12.0. The van der Waals surface area contributed by atoms with Gasteiger partial charge in [-0.1, -0.05) is 38.7 Å². The second-order valence-electron chi connectivity index (χ2n) is 10.1. The van der Waals surface area contributed by atoms with Crippen molar-refractivity contribution in [3.8, 4) is 5.75 Å². The molecule has 4 rings (SSSR count). The zero-order valence-electron chi connectivity index (χ0n) is 18.5. The Kier molecular flexibility index (Phi) is 6.75. The molecule has 2 saturated carbocycles. The Morgan fingerprint density at radius 2 is 1.53 bits per heavy atom. The molecule has 1 atom stereocenters. The van der Waals surface area contributed by atoms with Crippen LogP contribution >= 0.6 is 0 Å². The molecule has 1 unspecified atom stereocenters. The van der Waals surface area contributed by atoms with Gasteiger partial charge in [-0.3, -0.25) is 0 Å². The van der Waals surface area contributed by atoms with Crippen LogP contribution in [0.5, 0.6) is 5.75 Å². The van der Waals surface area contributed by atoms with Gasteiger partial charge in [-0.2, -0.15) is 13.2 Å². The Bertz CT molecular complexity index is 788. The molecule has 0 radical (unpaired) electrons. The van der Waals surface area contributed by atoms with Crippen LogP contribution in [0.15, 0.2) is 12.1 Å². The molecule has 2 fully saturated rings. The Morgan fingerprint density at radius 1 is 0.938 bits per heavy atom. The van der Waals surface area contributed by atoms with Crippen molar-refractivity contribution >= 4 is 0 Å². The zero-order valence-corrected chi connectivity index (χ0v) is 18.5. The number of benzene rings is 1. The van der Waals surface area contributed by atoms with Gasteiger partial charge in [0.25, 0.3) is 12.0 Å². The van der Waals surface area contributed by atoms with Crippen molar-refractivity contribution in [3.63, 3.8) is 0 Å². The standard InChI is InChI=1S/C25H32F6O/c1-2-3-15-4-6-16(7-5-15)17-8-10-18(11-9-17)19-12-20-14-24(27,28)23(25(29,30)31)32-22(20)21(26)13-19/h12-13,15-18,23H,2-11,14H2,1H3. The summed E-state index contributed by atoms with van der Waals surface area (Å²) in [6.45, 7) is 2.23. The third-order valence-corrected chi connectivity index (χ3v) is 7.98. The minimum Gasteiger partial charge on any atom is -0.471 e. The summed E-state index contributed by atoms with van der Waals surface area (Å²) < 4.78 is 86.2. The van der Waals surface area contributed by atoms with Gasteiger partial charge in [0.05, 0.1) is 0 Å². The van der Waals surface area contributed by atoms with E-state index in [2.05, 4.69) is 11.7 Å². The van der Waals surface area contributed by atoms with E-state index < -0.39 is 36.2 Å². The van der Waals surface area contributed by atoms with Crippen LogP contribution in [0.2, 0.25) is 0 Å². The van der Waals surface area contributed by atoms with Gasteiger partial charge in [0, 0.05) is 12.0 Å². The summed E-state index contributed by atoms with van der Waals surface area (Å²) in [5.74, 6) is -3.45. The average molecular weight is 463 g/mol. The molecule has 0 saturated heterocycles. The lowest BCUT2D eigenvalue weighted by molar-refractivity contribution is -0.265. The highest BCUT2D eigenvalue weighted by molar-refractivity contribution is 5.43. The molecule has 0 amide bonds. The maximum Gasteiger partial charge on any atom is 0.431 e. The fraction of sp³-hybridized carbons (Fsp3) is 0.760. The first-order valence-corrected chi connectivity index (χ1v) is 12.0. The van der Waals surface area contributed by atoms with Gasteiger partial charge in [-0.05, 0) is 73.8 Å². The van der Waals surface area contributed by atoms with Crippen molar-refractivity contribution in [2.24, 2.45) is 17.8 Å². The lowest BCUT2D eigenvalue weighted by Gasteiger charge is -2.38. The van der Waals surface area contributed by atoms with Gasteiger partial charge in [-0.15, -0.1) is 0 Å². The summed E-state index contributed by atoms with van der Waals surface area (Å²) in [4.78, 5) is 0. The molecule has 1 aromatic carbocycles. The molecule has 0 spiro atoms. The monoisotopic (exact) mass is 462 g/mol. The summed E-state index contributed by atoms with van der Waals surface area (Å²) in [5, 5.41) is 0. The van der Waals surface area contributed by atoms with E-state index in [1.807, 2.05) is 0 Å². The molecule has 180 valence electrons. The predicted octanol–water partition coefficient (Wildman–Crippen LogP) is 8.21. The highest BCUT2D eigenvalue weighted by atomic mass is 19.4. The first kappa shape index (κ1) is 23.7. The van der Waals surface area contributed by atoms with Gasteiger partial charge in [0.1, 0.15) is 0 Å². The highest BCUT2D eigenvalue weighted by Crippen LogP contribution is 2.48. The summed E-state index contributed by atoms with van der Waals surface area (Å²) in [6.07, 6.45) is 1.79. The molecular formula is C25H32F6O. The molecule has 0 aromatic heterocycles. The third kappa shape index (κ3) is 4.91. The van der Waals surface area contributed by atoms with Crippen molar-refractivity contribution < 1.29 is 31.1 Å². The third-order valence-electron chi connectivity index (χ3n) is 7.98. The fourth-order valence-electron chi connectivity index (χ4n) is 6.31. The SMILES string of the molecule is CCCC1CCC(C2CCC(c3cc(F)c4c(c3)CC(F)(F)C(C(F)(F)F)O4)CC2)CC1. The number of fused-ring (bicyclic) bond motifs is 1. The molecule has 0 bridgehead atoms. The number of rotatable bonds is 4. The second-order valence-corrected chi connectivity index (χ2v) is 10.1. The lowest BCUT2D eigenvalue weighted by Crippen LogP contribution is -2.52. The van der Waals surface area contributed by atoms with Crippen LogP contribution in [-0.2, 0) is 6.42 Å². The summed E-state index contributed by atoms with van der Waals surface area (Å²) in [7, 11) is 0. The number of alkyl halides is 5. The number of hydrogen-bond acceptors (Lipinski definition) is 1. The Balaban J connectivity index is 1.41. The Morgan fingerprint density at radius 3 is 2.09 bits per heavy atom. The summed E-state index contributed by atoms with van der Waals surface area (Å²) >= 11 is 0. The molecule has 3 aliphatic rings. The zero-order chi connectivity index (χ0) is 23.1. The van der Waals surface area contributed by atoms with Crippen LogP contribution in [0, 0.1) is 23.6 Å². The van der Waals surface area contributed by atoms with Crippen LogP contribution in [0.3, 0.4) is 0 Å². The van der Waals surface area contributed by atoms with Gasteiger partial charge in [0.15, 0.2) is 11.6 Å². The van der Waals surface area contributed by atoms with Crippen LogP contribution in [-0.4, -0.2) is 18.2 Å². The maximum atomic E-state index is 14.6. The van der Waals surface area contributed by atoms with E-state index in [1.165, 1.54) is 50.7 Å². The second kappa shape index (κ2) is 9.09. The number of halogens is 6. The minimum absolute atomic E-state index is 0.0523. The van der Waals surface area contributed by atoms with E-state index in [1.54, 1.807) is 0 Å². The Labute approximate surface area is 185 Å². The average Bonchev–Trinajstić information content (AvgIpc) is 2.72. The largest absolute Gasteiger partial charge is 0.471 e. The van der Waals surface area contributed by atoms with Gasteiger partial charge < -0.3 is 4.74 Å². The maximum absolute atomic E-state index is 14.6. The van der Waals surface area contributed by atoms with Crippen LogP contribution < -0.4 is 4.74 Å². The van der Waals surface area contributed by atoms with Gasteiger partial charge in [-0.25, -0.2) is 13.2 Å². The van der Waals surface area contributed by atoms with Crippen molar-refractivity contribution in [1.82, 2.24) is 0 Å². The number of ether oxygens (including phenoxy) is 1. The molecule has 2 aliphatic carbocycles. The molecule has 1 aromatic rings. The van der Waals surface area contributed by atoms with Gasteiger partial charge in [0.2, 0.25) is 0 Å². The summed E-state index contributed by atoms with van der Waals surface area (Å²) in [5.41, 5.74) is 0.443.